The minimum absolute atomic E-state index is 0.0916. The largest absolute Gasteiger partial charge is 0.439 e. The number of hydrogen-bond acceptors (Lipinski definition) is 5. The number of pyridine rings is 1. The Hall–Kier alpha value is -3.26. The Morgan fingerprint density at radius 2 is 1.90 bits per heavy atom. The van der Waals surface area contributed by atoms with Crippen LogP contribution in [0.4, 0.5) is 13.2 Å². The Balaban J connectivity index is 1.70. The van der Waals surface area contributed by atoms with Crippen molar-refractivity contribution in [3.05, 3.63) is 83.6 Å². The fourth-order valence-electron chi connectivity index (χ4n) is 2.84. The highest BCUT2D eigenvalue weighted by atomic mass is 19.4. The van der Waals surface area contributed by atoms with Crippen LogP contribution in [0.2, 0.25) is 0 Å². The Kier molecular flexibility index (Phi) is 7.13. The molecule has 3 rings (SSSR count). The number of nitrogens with zero attached hydrogens (tertiary/aromatic N) is 3. The van der Waals surface area contributed by atoms with Crippen molar-refractivity contribution in [1.82, 2.24) is 15.0 Å². The van der Waals surface area contributed by atoms with E-state index in [4.69, 9.17) is 10.5 Å². The zero-order valence-electron chi connectivity index (χ0n) is 16.1. The fraction of sp³-hybridized carbons (Fsp3) is 0.227. The number of hydrogen-bond donors (Lipinski definition) is 1. The van der Waals surface area contributed by atoms with E-state index in [0.717, 1.165) is 48.4 Å². The third-order valence-electron chi connectivity index (χ3n) is 4.30. The second kappa shape index (κ2) is 9.98. The van der Waals surface area contributed by atoms with Crippen molar-refractivity contribution in [2.75, 3.05) is 6.54 Å². The molecule has 2 aromatic heterocycles. The second-order valence-electron chi connectivity index (χ2n) is 6.60. The van der Waals surface area contributed by atoms with Gasteiger partial charge in [0, 0.05) is 30.9 Å². The molecule has 0 saturated heterocycles. The lowest BCUT2D eigenvalue weighted by Gasteiger charge is -2.09. The number of aryl methyl sites for hydroxylation is 1. The molecule has 1 aromatic carbocycles. The molecule has 0 aliphatic rings. The average molecular weight is 414 g/mol. The molecule has 0 atom stereocenters. The molecule has 0 amide bonds. The number of rotatable bonds is 8. The van der Waals surface area contributed by atoms with Crippen LogP contribution in [0.15, 0.2) is 66.8 Å². The SMILES string of the molecule is NCC/C(=C\c1cccc(Oc2ccc(C(F)(F)F)cn2)c1)CCc1cnccn1. The first kappa shape index (κ1) is 21.4. The zero-order chi connectivity index (χ0) is 21.4. The van der Waals surface area contributed by atoms with Crippen molar-refractivity contribution in [3.63, 3.8) is 0 Å². The molecule has 0 aliphatic carbocycles. The second-order valence-corrected chi connectivity index (χ2v) is 6.60. The highest BCUT2D eigenvalue weighted by Crippen LogP contribution is 2.30. The van der Waals surface area contributed by atoms with E-state index in [0.29, 0.717) is 12.3 Å². The molecule has 5 nitrogen and oxygen atoms in total. The zero-order valence-corrected chi connectivity index (χ0v) is 16.1. The Morgan fingerprint density at radius 1 is 1.03 bits per heavy atom. The fourth-order valence-corrected chi connectivity index (χ4v) is 2.84. The van der Waals surface area contributed by atoms with Gasteiger partial charge in [-0.15, -0.1) is 0 Å². The lowest BCUT2D eigenvalue weighted by atomic mass is 10.0. The van der Waals surface area contributed by atoms with Gasteiger partial charge in [-0.1, -0.05) is 23.8 Å². The lowest BCUT2D eigenvalue weighted by Crippen LogP contribution is -2.05. The molecule has 156 valence electrons. The molecule has 3 aromatic rings. The molecule has 2 N–H and O–H groups in total. The van der Waals surface area contributed by atoms with Crippen molar-refractivity contribution in [1.29, 1.82) is 0 Å². The maximum Gasteiger partial charge on any atom is 0.417 e. The van der Waals surface area contributed by atoms with E-state index in [1.54, 1.807) is 30.7 Å². The van der Waals surface area contributed by atoms with E-state index in [9.17, 15) is 13.2 Å². The first-order valence-electron chi connectivity index (χ1n) is 9.39. The number of aromatic nitrogens is 3. The summed E-state index contributed by atoms with van der Waals surface area (Å²) in [4.78, 5) is 12.1. The van der Waals surface area contributed by atoms with E-state index in [1.165, 1.54) is 6.07 Å². The summed E-state index contributed by atoms with van der Waals surface area (Å²) in [7, 11) is 0. The summed E-state index contributed by atoms with van der Waals surface area (Å²) in [6.45, 7) is 0.526. The molecule has 30 heavy (non-hydrogen) atoms. The monoisotopic (exact) mass is 414 g/mol. The van der Waals surface area contributed by atoms with E-state index >= 15 is 0 Å². The van der Waals surface area contributed by atoms with Crippen LogP contribution in [0, 0.1) is 0 Å². The summed E-state index contributed by atoms with van der Waals surface area (Å²) >= 11 is 0. The highest BCUT2D eigenvalue weighted by molar-refractivity contribution is 5.55. The van der Waals surface area contributed by atoms with E-state index in [1.807, 2.05) is 18.2 Å². The predicted octanol–water partition coefficient (Wildman–Crippen LogP) is 5.05. The van der Waals surface area contributed by atoms with Crippen molar-refractivity contribution in [2.24, 2.45) is 5.73 Å². The minimum Gasteiger partial charge on any atom is -0.439 e. The normalized spacial score (nSPS) is 12.1. The highest BCUT2D eigenvalue weighted by Gasteiger charge is 2.30. The minimum atomic E-state index is -4.43. The Labute approximate surface area is 172 Å². The Bertz CT molecular complexity index is 974. The maximum absolute atomic E-state index is 12.7. The van der Waals surface area contributed by atoms with Crippen LogP contribution in [0.3, 0.4) is 0 Å². The summed E-state index contributed by atoms with van der Waals surface area (Å²) in [5.41, 5.74) is 7.90. The van der Waals surface area contributed by atoms with Crippen LogP contribution < -0.4 is 10.5 Å². The Morgan fingerprint density at radius 3 is 2.57 bits per heavy atom. The average Bonchev–Trinajstić information content (AvgIpc) is 2.73. The molecule has 0 aliphatic heterocycles. The van der Waals surface area contributed by atoms with Crippen molar-refractivity contribution >= 4 is 6.08 Å². The van der Waals surface area contributed by atoms with Gasteiger partial charge in [-0.25, -0.2) is 4.98 Å². The molecule has 0 fully saturated rings. The van der Waals surface area contributed by atoms with Gasteiger partial charge < -0.3 is 10.5 Å². The van der Waals surface area contributed by atoms with Crippen molar-refractivity contribution < 1.29 is 17.9 Å². The number of benzene rings is 1. The van der Waals surface area contributed by atoms with Gasteiger partial charge in [0.25, 0.3) is 0 Å². The molecule has 0 spiro atoms. The first-order chi connectivity index (χ1) is 14.4. The maximum atomic E-state index is 12.7. The predicted molar refractivity (Wildman–Crippen MR) is 108 cm³/mol. The summed E-state index contributed by atoms with van der Waals surface area (Å²) < 4.78 is 43.6. The van der Waals surface area contributed by atoms with Crippen LogP contribution in [0.25, 0.3) is 6.08 Å². The van der Waals surface area contributed by atoms with Crippen LogP contribution in [-0.2, 0) is 12.6 Å². The molecule has 2 heterocycles. The lowest BCUT2D eigenvalue weighted by molar-refractivity contribution is -0.137. The van der Waals surface area contributed by atoms with Gasteiger partial charge in [-0.05, 0) is 49.6 Å². The third-order valence-corrected chi connectivity index (χ3v) is 4.30. The number of ether oxygens (including phenoxy) is 1. The first-order valence-corrected chi connectivity index (χ1v) is 9.39. The molecule has 0 radical (unpaired) electrons. The van der Waals surface area contributed by atoms with Gasteiger partial charge in [0.2, 0.25) is 5.88 Å². The van der Waals surface area contributed by atoms with Gasteiger partial charge in [0.05, 0.1) is 11.3 Å². The van der Waals surface area contributed by atoms with Crippen molar-refractivity contribution in [3.8, 4) is 11.6 Å². The molecular formula is C22H21F3N4O. The van der Waals surface area contributed by atoms with Gasteiger partial charge >= 0.3 is 6.18 Å². The van der Waals surface area contributed by atoms with Crippen LogP contribution in [0.1, 0.15) is 29.7 Å². The van der Waals surface area contributed by atoms with Crippen LogP contribution in [-0.4, -0.2) is 21.5 Å². The summed E-state index contributed by atoms with van der Waals surface area (Å²) in [5.74, 6) is 0.575. The van der Waals surface area contributed by atoms with Gasteiger partial charge in [-0.2, -0.15) is 13.2 Å². The van der Waals surface area contributed by atoms with E-state index < -0.39 is 11.7 Å². The third kappa shape index (κ3) is 6.38. The number of nitrogens with two attached hydrogens (primary N) is 1. The van der Waals surface area contributed by atoms with Gasteiger partial charge in [-0.3, -0.25) is 9.97 Å². The van der Waals surface area contributed by atoms with E-state index in [2.05, 4.69) is 15.0 Å². The molecule has 0 bridgehead atoms. The smallest absolute Gasteiger partial charge is 0.417 e. The molecular weight excluding hydrogens is 393 g/mol. The topological polar surface area (TPSA) is 73.9 Å². The number of halogens is 3. The van der Waals surface area contributed by atoms with Crippen LogP contribution >= 0.6 is 0 Å². The summed E-state index contributed by atoms with van der Waals surface area (Å²) in [5, 5.41) is 0. The van der Waals surface area contributed by atoms with Gasteiger partial charge in [0.15, 0.2) is 0 Å². The van der Waals surface area contributed by atoms with E-state index in [-0.39, 0.29) is 5.88 Å². The number of alkyl halides is 3. The van der Waals surface area contributed by atoms with Gasteiger partial charge in [0.1, 0.15) is 5.75 Å². The van der Waals surface area contributed by atoms with Crippen molar-refractivity contribution in [2.45, 2.75) is 25.4 Å². The molecule has 8 heteroatoms. The van der Waals surface area contributed by atoms with Crippen LogP contribution in [0.5, 0.6) is 11.6 Å². The molecule has 0 saturated carbocycles. The quantitative estimate of drug-likeness (QED) is 0.559. The summed E-state index contributed by atoms with van der Waals surface area (Å²) in [6, 6.07) is 9.40. The standard InChI is InChI=1S/C22H21F3N4O/c23-22(24,25)18-5-7-21(29-14-18)30-20-3-1-2-17(13-20)12-16(8-9-26)4-6-19-15-27-10-11-28-19/h1-3,5,7,10-15H,4,6,8-9,26H2/b16-12-. The summed E-state index contributed by atoms with van der Waals surface area (Å²) in [6.07, 6.45) is 5.70. The molecule has 0 unspecified atom stereocenters.